The fourth-order valence-electron chi connectivity index (χ4n) is 3.31. The van der Waals surface area contributed by atoms with E-state index in [0.29, 0.717) is 0 Å². The van der Waals surface area contributed by atoms with Gasteiger partial charge in [0.25, 0.3) is 0 Å². The molecule has 0 aromatic rings. The summed E-state index contributed by atoms with van der Waals surface area (Å²) in [6.07, 6.45) is 2.89. The molecule has 0 spiro atoms. The molecule has 21 heavy (non-hydrogen) atoms. The summed E-state index contributed by atoms with van der Waals surface area (Å²) in [6, 6.07) is -0.124. The van der Waals surface area contributed by atoms with Crippen molar-refractivity contribution in [1.29, 1.82) is 0 Å². The SMILES string of the molecule is CCC1(CC)C(NC(=O)N(C)CC(C)C(=O)O)CC1OC. The van der Waals surface area contributed by atoms with Crippen molar-refractivity contribution in [2.75, 3.05) is 20.7 Å². The molecule has 122 valence electrons. The second-order valence-corrected chi connectivity index (χ2v) is 6.02. The average molecular weight is 300 g/mol. The maximum absolute atomic E-state index is 12.2. The molecular formula is C15H28N2O4. The molecule has 0 aliphatic heterocycles. The average Bonchev–Trinajstić information content (AvgIpc) is 2.43. The van der Waals surface area contributed by atoms with Gasteiger partial charge in [0.2, 0.25) is 0 Å². The van der Waals surface area contributed by atoms with Gasteiger partial charge in [-0.3, -0.25) is 4.79 Å². The molecule has 2 N–H and O–H groups in total. The molecule has 0 aromatic heterocycles. The van der Waals surface area contributed by atoms with Crippen LogP contribution in [0.2, 0.25) is 0 Å². The number of amides is 2. The van der Waals surface area contributed by atoms with E-state index in [-0.39, 0.29) is 30.1 Å². The topological polar surface area (TPSA) is 78.9 Å². The molecule has 6 nitrogen and oxygen atoms in total. The molecule has 1 aliphatic rings. The molecule has 0 radical (unpaired) electrons. The van der Waals surface area contributed by atoms with Crippen molar-refractivity contribution in [3.05, 3.63) is 0 Å². The predicted molar refractivity (Wildman–Crippen MR) is 80.2 cm³/mol. The monoisotopic (exact) mass is 300 g/mol. The van der Waals surface area contributed by atoms with Crippen molar-refractivity contribution in [1.82, 2.24) is 10.2 Å². The number of carbonyl (C=O) groups is 2. The minimum absolute atomic E-state index is 0.0103. The van der Waals surface area contributed by atoms with Crippen LogP contribution in [-0.4, -0.2) is 54.9 Å². The van der Waals surface area contributed by atoms with E-state index >= 15 is 0 Å². The minimum atomic E-state index is -0.894. The molecule has 0 heterocycles. The second-order valence-electron chi connectivity index (χ2n) is 6.02. The van der Waals surface area contributed by atoms with E-state index in [1.807, 2.05) is 0 Å². The summed E-state index contributed by atoms with van der Waals surface area (Å²) in [5, 5.41) is 11.9. The molecule has 2 amide bonds. The number of nitrogens with zero attached hydrogens (tertiary/aromatic N) is 1. The standard InChI is InChI=1S/C15H28N2O4/c1-6-15(7-2)11(8-12(15)21-5)16-14(20)17(4)9-10(3)13(18)19/h10-12H,6-9H2,1-5H3,(H,16,20)(H,18,19). The molecule has 3 unspecified atom stereocenters. The molecule has 6 heteroatoms. The summed E-state index contributed by atoms with van der Waals surface area (Å²) >= 11 is 0. The summed E-state index contributed by atoms with van der Waals surface area (Å²) in [6.45, 7) is 6.03. The quantitative estimate of drug-likeness (QED) is 0.753. The largest absolute Gasteiger partial charge is 0.481 e. The lowest BCUT2D eigenvalue weighted by Gasteiger charge is -2.55. The van der Waals surface area contributed by atoms with Crippen LogP contribution in [0.25, 0.3) is 0 Å². The summed E-state index contributed by atoms with van der Waals surface area (Å²) < 4.78 is 5.51. The number of methoxy groups -OCH3 is 1. The molecule has 0 bridgehead atoms. The molecule has 1 saturated carbocycles. The van der Waals surface area contributed by atoms with Crippen LogP contribution in [0.3, 0.4) is 0 Å². The number of hydrogen-bond donors (Lipinski definition) is 2. The summed E-state index contributed by atoms with van der Waals surface area (Å²) in [5.74, 6) is -1.47. The Hall–Kier alpha value is -1.30. The zero-order chi connectivity index (χ0) is 16.2. The molecule has 1 fully saturated rings. The van der Waals surface area contributed by atoms with Gasteiger partial charge in [-0.25, -0.2) is 4.79 Å². The Labute approximate surface area is 126 Å². The Morgan fingerprint density at radius 3 is 2.43 bits per heavy atom. The Morgan fingerprint density at radius 1 is 1.43 bits per heavy atom. The highest BCUT2D eigenvalue weighted by atomic mass is 16.5. The second kappa shape index (κ2) is 7.11. The van der Waals surface area contributed by atoms with E-state index in [4.69, 9.17) is 9.84 Å². The van der Waals surface area contributed by atoms with Gasteiger partial charge in [0, 0.05) is 32.2 Å². The molecular weight excluding hydrogens is 272 g/mol. The highest BCUT2D eigenvalue weighted by molar-refractivity contribution is 5.76. The first-order valence-corrected chi connectivity index (χ1v) is 7.59. The van der Waals surface area contributed by atoms with E-state index in [9.17, 15) is 9.59 Å². The number of hydrogen-bond acceptors (Lipinski definition) is 3. The number of nitrogens with one attached hydrogen (secondary N) is 1. The van der Waals surface area contributed by atoms with Crippen LogP contribution in [0.15, 0.2) is 0 Å². The first-order chi connectivity index (χ1) is 9.82. The van der Waals surface area contributed by atoms with Crippen LogP contribution in [0.1, 0.15) is 40.0 Å². The van der Waals surface area contributed by atoms with E-state index in [1.165, 1.54) is 4.90 Å². The Balaban J connectivity index is 2.60. The first kappa shape index (κ1) is 17.8. The van der Waals surface area contributed by atoms with Crippen LogP contribution in [0.4, 0.5) is 4.79 Å². The van der Waals surface area contributed by atoms with Crippen molar-refractivity contribution >= 4 is 12.0 Å². The Bertz CT molecular complexity index is 382. The summed E-state index contributed by atoms with van der Waals surface area (Å²) in [7, 11) is 3.34. The van der Waals surface area contributed by atoms with Crippen molar-refractivity contribution in [2.24, 2.45) is 11.3 Å². The third kappa shape index (κ3) is 3.48. The van der Waals surface area contributed by atoms with Crippen LogP contribution in [0.5, 0.6) is 0 Å². The first-order valence-electron chi connectivity index (χ1n) is 7.59. The normalized spacial score (nSPS) is 24.8. The smallest absolute Gasteiger partial charge is 0.317 e. The van der Waals surface area contributed by atoms with Crippen LogP contribution < -0.4 is 5.32 Å². The fraction of sp³-hybridized carbons (Fsp3) is 0.867. The van der Waals surface area contributed by atoms with E-state index < -0.39 is 11.9 Å². The van der Waals surface area contributed by atoms with Gasteiger partial charge in [-0.15, -0.1) is 0 Å². The van der Waals surface area contributed by atoms with Crippen LogP contribution in [-0.2, 0) is 9.53 Å². The van der Waals surface area contributed by atoms with Crippen molar-refractivity contribution in [3.8, 4) is 0 Å². The number of aliphatic carboxylic acids is 1. The van der Waals surface area contributed by atoms with E-state index in [0.717, 1.165) is 19.3 Å². The number of carboxylic acid groups (broad SMARTS) is 1. The van der Waals surface area contributed by atoms with E-state index in [2.05, 4.69) is 19.2 Å². The number of carbonyl (C=O) groups excluding carboxylic acids is 1. The zero-order valence-corrected chi connectivity index (χ0v) is 13.7. The van der Waals surface area contributed by atoms with Gasteiger partial charge in [0.1, 0.15) is 0 Å². The lowest BCUT2D eigenvalue weighted by Crippen LogP contribution is -2.65. The highest BCUT2D eigenvalue weighted by Crippen LogP contribution is 2.48. The van der Waals surface area contributed by atoms with Crippen LogP contribution in [0, 0.1) is 11.3 Å². The maximum Gasteiger partial charge on any atom is 0.317 e. The van der Waals surface area contributed by atoms with Crippen molar-refractivity contribution in [3.63, 3.8) is 0 Å². The molecule has 1 rings (SSSR count). The van der Waals surface area contributed by atoms with Crippen molar-refractivity contribution in [2.45, 2.75) is 52.2 Å². The minimum Gasteiger partial charge on any atom is -0.481 e. The predicted octanol–water partition coefficient (Wildman–Crippen LogP) is 1.94. The third-order valence-electron chi connectivity index (χ3n) is 5.00. The third-order valence-corrected chi connectivity index (χ3v) is 5.00. The Morgan fingerprint density at radius 2 is 2.00 bits per heavy atom. The highest BCUT2D eigenvalue weighted by Gasteiger charge is 2.53. The van der Waals surface area contributed by atoms with Gasteiger partial charge < -0.3 is 20.1 Å². The van der Waals surface area contributed by atoms with Crippen LogP contribution >= 0.6 is 0 Å². The summed E-state index contributed by atoms with van der Waals surface area (Å²) in [5.41, 5.74) is -0.0103. The van der Waals surface area contributed by atoms with Crippen molar-refractivity contribution < 1.29 is 19.4 Å². The molecule has 1 aliphatic carbocycles. The van der Waals surface area contributed by atoms with Gasteiger partial charge in [0.05, 0.1) is 12.0 Å². The van der Waals surface area contributed by atoms with Gasteiger partial charge in [-0.2, -0.15) is 0 Å². The van der Waals surface area contributed by atoms with Gasteiger partial charge in [0.15, 0.2) is 0 Å². The lowest BCUT2D eigenvalue weighted by molar-refractivity contribution is -0.141. The van der Waals surface area contributed by atoms with Gasteiger partial charge >= 0.3 is 12.0 Å². The zero-order valence-electron chi connectivity index (χ0n) is 13.7. The fourth-order valence-corrected chi connectivity index (χ4v) is 3.31. The van der Waals surface area contributed by atoms with Gasteiger partial charge in [-0.1, -0.05) is 20.8 Å². The molecule has 3 atom stereocenters. The Kier molecular flexibility index (Phi) is 6.01. The summed E-state index contributed by atoms with van der Waals surface area (Å²) in [4.78, 5) is 24.5. The van der Waals surface area contributed by atoms with Gasteiger partial charge in [-0.05, 0) is 19.3 Å². The maximum atomic E-state index is 12.2. The number of rotatable bonds is 7. The van der Waals surface area contributed by atoms with E-state index in [1.54, 1.807) is 21.1 Å². The number of ether oxygens (including phenoxy) is 1. The number of carboxylic acids is 1. The lowest BCUT2D eigenvalue weighted by atomic mass is 9.58. The number of urea groups is 1. The molecule has 0 aromatic carbocycles. The molecule has 0 saturated heterocycles.